The van der Waals surface area contributed by atoms with Crippen LogP contribution in [0, 0.1) is 0 Å². The van der Waals surface area contributed by atoms with Crippen LogP contribution in [-0.4, -0.2) is 29.0 Å². The van der Waals surface area contributed by atoms with E-state index >= 15 is 0 Å². The molecule has 0 radical (unpaired) electrons. The largest absolute Gasteiger partial charge is 0.367 e. The molecule has 0 atom stereocenters. The molecule has 0 saturated carbocycles. The summed E-state index contributed by atoms with van der Waals surface area (Å²) in [4.78, 5) is 24.7. The molecular weight excluding hydrogens is 298 g/mol. The van der Waals surface area contributed by atoms with Crippen molar-refractivity contribution in [3.63, 3.8) is 0 Å². The molecule has 2 rings (SSSR count). The highest BCUT2D eigenvalue weighted by molar-refractivity contribution is 9.10. The third-order valence-electron chi connectivity index (χ3n) is 2.73. The third-order valence-corrected chi connectivity index (χ3v) is 3.26. The van der Waals surface area contributed by atoms with E-state index in [2.05, 4.69) is 26.6 Å². The van der Waals surface area contributed by atoms with E-state index in [-0.39, 0.29) is 18.6 Å². The minimum atomic E-state index is -0.821. The molecule has 96 valence electrons. The van der Waals surface area contributed by atoms with Crippen LogP contribution in [-0.2, 0) is 4.79 Å². The van der Waals surface area contributed by atoms with Gasteiger partial charge in [-0.3, -0.25) is 4.79 Å². The topological polar surface area (TPSA) is 61.4 Å². The molecule has 0 aliphatic carbocycles. The average Bonchev–Trinajstić information content (AvgIpc) is 2.49. The number of imide groups is 1. The predicted molar refractivity (Wildman–Crippen MR) is 72.1 cm³/mol. The van der Waals surface area contributed by atoms with E-state index < -0.39 is 5.54 Å². The lowest BCUT2D eigenvalue weighted by atomic mass is 10.1. The van der Waals surface area contributed by atoms with Gasteiger partial charge in [-0.25, -0.2) is 9.69 Å². The fourth-order valence-corrected chi connectivity index (χ4v) is 1.96. The summed E-state index contributed by atoms with van der Waals surface area (Å²) < 4.78 is 0.976. The zero-order chi connectivity index (χ0) is 13.3. The molecule has 1 fully saturated rings. The van der Waals surface area contributed by atoms with Crippen molar-refractivity contribution in [2.24, 2.45) is 0 Å². The van der Waals surface area contributed by atoms with Crippen molar-refractivity contribution in [3.8, 4) is 0 Å². The van der Waals surface area contributed by atoms with Gasteiger partial charge in [0.2, 0.25) is 0 Å². The van der Waals surface area contributed by atoms with Gasteiger partial charge in [0.1, 0.15) is 5.54 Å². The van der Waals surface area contributed by atoms with Crippen molar-refractivity contribution in [1.82, 2.24) is 10.2 Å². The summed E-state index contributed by atoms with van der Waals surface area (Å²) in [5, 5.41) is 5.66. The summed E-state index contributed by atoms with van der Waals surface area (Å²) in [7, 11) is 0. The van der Waals surface area contributed by atoms with Gasteiger partial charge in [0.05, 0.1) is 6.67 Å². The molecule has 0 unspecified atom stereocenters. The van der Waals surface area contributed by atoms with Crippen LogP contribution in [0.4, 0.5) is 10.5 Å². The second kappa shape index (κ2) is 4.61. The van der Waals surface area contributed by atoms with Crippen LogP contribution in [0.3, 0.4) is 0 Å². The molecule has 2 N–H and O–H groups in total. The van der Waals surface area contributed by atoms with Gasteiger partial charge in [-0.2, -0.15) is 0 Å². The smallest absolute Gasteiger partial charge is 0.326 e. The Morgan fingerprint density at radius 3 is 2.39 bits per heavy atom. The van der Waals surface area contributed by atoms with E-state index in [1.807, 2.05) is 24.3 Å². The maximum Gasteiger partial charge on any atom is 0.326 e. The Morgan fingerprint density at radius 1 is 1.28 bits per heavy atom. The summed E-state index contributed by atoms with van der Waals surface area (Å²) in [5.41, 5.74) is 0.0295. The number of urea groups is 1. The van der Waals surface area contributed by atoms with Gasteiger partial charge < -0.3 is 10.6 Å². The fraction of sp³-hybridized carbons (Fsp3) is 0.333. The van der Waals surface area contributed by atoms with Crippen molar-refractivity contribution in [3.05, 3.63) is 28.7 Å². The second-order valence-corrected chi connectivity index (χ2v) is 5.55. The van der Waals surface area contributed by atoms with Crippen molar-refractivity contribution in [2.45, 2.75) is 19.4 Å². The predicted octanol–water partition coefficient (Wildman–Crippen LogP) is 2.15. The lowest BCUT2D eigenvalue weighted by Gasteiger charge is -2.17. The van der Waals surface area contributed by atoms with Crippen LogP contribution < -0.4 is 10.6 Å². The van der Waals surface area contributed by atoms with Gasteiger partial charge in [-0.15, -0.1) is 0 Å². The molecule has 0 bridgehead atoms. The zero-order valence-electron chi connectivity index (χ0n) is 10.2. The Kier molecular flexibility index (Phi) is 3.30. The van der Waals surface area contributed by atoms with E-state index in [1.165, 1.54) is 4.90 Å². The molecule has 1 aliphatic rings. The van der Waals surface area contributed by atoms with Crippen molar-refractivity contribution in [2.75, 3.05) is 12.0 Å². The van der Waals surface area contributed by atoms with E-state index in [1.54, 1.807) is 13.8 Å². The fourth-order valence-electron chi connectivity index (χ4n) is 1.70. The molecule has 5 nitrogen and oxygen atoms in total. The molecule has 1 heterocycles. The Labute approximate surface area is 114 Å². The van der Waals surface area contributed by atoms with Crippen molar-refractivity contribution < 1.29 is 9.59 Å². The van der Waals surface area contributed by atoms with Crippen LogP contribution in [0.2, 0.25) is 0 Å². The van der Waals surface area contributed by atoms with Crippen LogP contribution in [0.1, 0.15) is 13.8 Å². The second-order valence-electron chi connectivity index (χ2n) is 4.63. The number of carbonyl (C=O) groups is 2. The van der Waals surface area contributed by atoms with Gasteiger partial charge in [0, 0.05) is 10.2 Å². The quantitative estimate of drug-likeness (QED) is 0.841. The summed E-state index contributed by atoms with van der Waals surface area (Å²) in [5.74, 6) is -0.225. The number of anilines is 1. The number of halogens is 1. The number of carbonyl (C=O) groups excluding carboxylic acids is 2. The number of nitrogens with zero attached hydrogens (tertiary/aromatic N) is 1. The molecule has 1 saturated heterocycles. The van der Waals surface area contributed by atoms with Gasteiger partial charge in [0.15, 0.2) is 0 Å². The highest BCUT2D eigenvalue weighted by Crippen LogP contribution is 2.18. The normalized spacial score (nSPS) is 17.8. The Bertz CT molecular complexity index is 485. The summed E-state index contributed by atoms with van der Waals surface area (Å²) >= 11 is 3.34. The van der Waals surface area contributed by atoms with Gasteiger partial charge in [-0.1, -0.05) is 15.9 Å². The Morgan fingerprint density at radius 2 is 1.89 bits per heavy atom. The van der Waals surface area contributed by atoms with Gasteiger partial charge in [0.25, 0.3) is 5.91 Å². The number of benzene rings is 1. The van der Waals surface area contributed by atoms with Crippen LogP contribution in [0.15, 0.2) is 28.7 Å². The maximum absolute atomic E-state index is 11.9. The molecule has 18 heavy (non-hydrogen) atoms. The van der Waals surface area contributed by atoms with Crippen LogP contribution in [0.25, 0.3) is 0 Å². The molecule has 1 aliphatic heterocycles. The van der Waals surface area contributed by atoms with E-state index in [9.17, 15) is 9.59 Å². The number of nitrogens with one attached hydrogen (secondary N) is 2. The number of rotatable bonds is 3. The number of hydrogen-bond acceptors (Lipinski definition) is 3. The van der Waals surface area contributed by atoms with E-state index in [0.717, 1.165) is 10.2 Å². The maximum atomic E-state index is 11.9. The Hall–Kier alpha value is -1.56. The lowest BCUT2D eigenvalue weighted by Crippen LogP contribution is -2.41. The summed E-state index contributed by atoms with van der Waals surface area (Å²) in [6.45, 7) is 3.54. The highest BCUT2D eigenvalue weighted by atomic mass is 79.9. The molecular formula is C12H14BrN3O2. The molecule has 0 spiro atoms. The highest BCUT2D eigenvalue weighted by Gasteiger charge is 2.43. The molecule has 1 aromatic carbocycles. The molecule has 3 amide bonds. The standard InChI is InChI=1S/C12H14BrN3O2/c1-12(2)10(17)16(11(18)15-12)7-14-9-5-3-8(13)4-6-9/h3-6,14H,7H2,1-2H3,(H,15,18). The Balaban J connectivity index is 2.01. The lowest BCUT2D eigenvalue weighted by molar-refractivity contribution is -0.129. The van der Waals surface area contributed by atoms with E-state index in [4.69, 9.17) is 0 Å². The molecule has 1 aromatic rings. The minimum Gasteiger partial charge on any atom is -0.367 e. The van der Waals surface area contributed by atoms with Crippen molar-refractivity contribution >= 4 is 33.6 Å². The third kappa shape index (κ3) is 2.48. The van der Waals surface area contributed by atoms with E-state index in [0.29, 0.717) is 0 Å². The monoisotopic (exact) mass is 311 g/mol. The first-order chi connectivity index (χ1) is 8.40. The zero-order valence-corrected chi connectivity index (χ0v) is 11.7. The number of hydrogen-bond donors (Lipinski definition) is 2. The SMILES string of the molecule is CC1(C)NC(=O)N(CNc2ccc(Br)cc2)C1=O. The first kappa shape index (κ1) is 12.9. The average molecular weight is 312 g/mol. The number of amides is 3. The van der Waals surface area contributed by atoms with Crippen LogP contribution in [0.5, 0.6) is 0 Å². The van der Waals surface area contributed by atoms with Crippen molar-refractivity contribution in [1.29, 1.82) is 0 Å². The first-order valence-corrected chi connectivity index (χ1v) is 6.33. The van der Waals surface area contributed by atoms with Crippen LogP contribution >= 0.6 is 15.9 Å². The molecule has 6 heteroatoms. The minimum absolute atomic E-state index is 0.162. The van der Waals surface area contributed by atoms with Gasteiger partial charge in [-0.05, 0) is 38.1 Å². The summed E-state index contributed by atoms with van der Waals surface area (Å²) in [6.07, 6.45) is 0. The molecule has 0 aromatic heterocycles. The van der Waals surface area contributed by atoms with Gasteiger partial charge >= 0.3 is 6.03 Å². The summed E-state index contributed by atoms with van der Waals surface area (Å²) in [6, 6.07) is 7.15. The first-order valence-electron chi connectivity index (χ1n) is 5.54.